The van der Waals surface area contributed by atoms with Gasteiger partial charge in [-0.3, -0.25) is 0 Å². The highest BCUT2D eigenvalue weighted by atomic mass is 16.6. The molecular weight excluding hydrogens is 246 g/mol. The number of ether oxygens (including phenoxy) is 1. The Balaban J connectivity index is 2.64. The first kappa shape index (κ1) is 15.5. The second-order valence-corrected chi connectivity index (χ2v) is 5.99. The minimum absolute atomic E-state index is 0.109. The molecule has 1 heterocycles. The van der Waals surface area contributed by atoms with Crippen molar-refractivity contribution in [3.63, 3.8) is 0 Å². The van der Waals surface area contributed by atoms with E-state index in [0.717, 1.165) is 18.4 Å². The molecule has 0 unspecified atom stereocenters. The largest absolute Gasteiger partial charge is 0.478 e. The summed E-state index contributed by atoms with van der Waals surface area (Å²) in [7, 11) is 0. The maximum absolute atomic E-state index is 12.0. The van der Waals surface area contributed by atoms with Gasteiger partial charge in [-0.1, -0.05) is 5.57 Å². The molecule has 0 radical (unpaired) electrons. The monoisotopic (exact) mass is 269 g/mol. The Morgan fingerprint density at radius 2 is 2.00 bits per heavy atom. The van der Waals surface area contributed by atoms with Crippen molar-refractivity contribution >= 4 is 12.1 Å². The quantitative estimate of drug-likeness (QED) is 0.783. The zero-order valence-electron chi connectivity index (χ0n) is 12.1. The van der Waals surface area contributed by atoms with Gasteiger partial charge in [0.25, 0.3) is 0 Å². The number of amides is 1. The number of aliphatic carboxylic acids is 1. The zero-order chi connectivity index (χ0) is 14.6. The van der Waals surface area contributed by atoms with E-state index in [4.69, 9.17) is 9.84 Å². The lowest BCUT2D eigenvalue weighted by Gasteiger charge is -2.34. The van der Waals surface area contributed by atoms with Gasteiger partial charge in [0.2, 0.25) is 0 Å². The molecule has 0 saturated carbocycles. The Hall–Kier alpha value is -1.52. The number of carboxylic acids is 1. The van der Waals surface area contributed by atoms with Crippen LogP contribution in [0.4, 0.5) is 4.79 Å². The van der Waals surface area contributed by atoms with E-state index in [0.29, 0.717) is 13.1 Å². The van der Waals surface area contributed by atoms with Crippen LogP contribution in [0, 0.1) is 5.92 Å². The summed E-state index contributed by atoms with van der Waals surface area (Å²) in [4.78, 5) is 24.3. The van der Waals surface area contributed by atoms with Crippen molar-refractivity contribution in [1.29, 1.82) is 0 Å². The van der Waals surface area contributed by atoms with E-state index in [2.05, 4.69) is 0 Å². The van der Waals surface area contributed by atoms with Gasteiger partial charge in [0.15, 0.2) is 0 Å². The van der Waals surface area contributed by atoms with Crippen LogP contribution in [0.15, 0.2) is 11.6 Å². The molecule has 1 amide bonds. The zero-order valence-corrected chi connectivity index (χ0v) is 12.1. The van der Waals surface area contributed by atoms with E-state index >= 15 is 0 Å². The summed E-state index contributed by atoms with van der Waals surface area (Å²) >= 11 is 0. The fraction of sp³-hybridized carbons (Fsp3) is 0.714. The molecule has 0 bridgehead atoms. The number of nitrogens with zero attached hydrogens (tertiary/aromatic N) is 1. The van der Waals surface area contributed by atoms with Gasteiger partial charge in [0.1, 0.15) is 5.60 Å². The normalized spacial score (nSPS) is 21.2. The average Bonchev–Trinajstić information content (AvgIpc) is 2.26. The van der Waals surface area contributed by atoms with Gasteiger partial charge in [0.05, 0.1) is 0 Å². The Bertz CT molecular complexity index is 381. The van der Waals surface area contributed by atoms with Gasteiger partial charge in [-0.25, -0.2) is 9.59 Å². The van der Waals surface area contributed by atoms with Crippen LogP contribution in [-0.2, 0) is 9.53 Å². The Kier molecular flexibility index (Phi) is 4.97. The lowest BCUT2D eigenvalue weighted by molar-refractivity contribution is -0.131. The second-order valence-electron chi connectivity index (χ2n) is 5.99. The molecule has 5 heteroatoms. The van der Waals surface area contributed by atoms with E-state index in [-0.39, 0.29) is 12.0 Å². The molecule has 1 N–H and O–H groups in total. The number of carboxylic acid groups (broad SMARTS) is 1. The number of carbonyl (C=O) groups is 2. The van der Waals surface area contributed by atoms with Crippen LogP contribution in [0.2, 0.25) is 0 Å². The predicted molar refractivity (Wildman–Crippen MR) is 71.9 cm³/mol. The Morgan fingerprint density at radius 1 is 1.37 bits per heavy atom. The van der Waals surface area contributed by atoms with Gasteiger partial charge in [-0.05, 0) is 46.5 Å². The maximum atomic E-state index is 12.0. The summed E-state index contributed by atoms with van der Waals surface area (Å²) in [5.41, 5.74) is 0.302. The summed E-state index contributed by atoms with van der Waals surface area (Å²) in [5, 5.41) is 8.76. The molecule has 0 aromatic rings. The molecule has 1 atom stereocenters. The van der Waals surface area contributed by atoms with Gasteiger partial charge in [-0.2, -0.15) is 0 Å². The molecule has 1 aliphatic heterocycles. The van der Waals surface area contributed by atoms with Gasteiger partial charge < -0.3 is 14.7 Å². The molecule has 1 aliphatic rings. The van der Waals surface area contributed by atoms with E-state index < -0.39 is 11.6 Å². The van der Waals surface area contributed by atoms with Crippen molar-refractivity contribution in [2.24, 2.45) is 5.92 Å². The third-order valence-electron chi connectivity index (χ3n) is 3.07. The smallest absolute Gasteiger partial charge is 0.410 e. The molecule has 0 aliphatic carbocycles. The van der Waals surface area contributed by atoms with E-state index in [1.54, 1.807) is 11.8 Å². The lowest BCUT2D eigenvalue weighted by Crippen LogP contribution is -2.43. The second kappa shape index (κ2) is 6.08. The number of rotatable bonds is 2. The summed E-state index contributed by atoms with van der Waals surface area (Å²) in [6, 6.07) is 0. The molecule has 1 rings (SSSR count). The van der Waals surface area contributed by atoms with Crippen LogP contribution in [0.25, 0.3) is 0 Å². The van der Waals surface area contributed by atoms with Gasteiger partial charge >= 0.3 is 12.1 Å². The van der Waals surface area contributed by atoms with Crippen LogP contribution in [0.5, 0.6) is 0 Å². The molecule has 19 heavy (non-hydrogen) atoms. The molecule has 0 spiro atoms. The fourth-order valence-corrected chi connectivity index (χ4v) is 2.15. The minimum atomic E-state index is -0.938. The van der Waals surface area contributed by atoms with Crippen molar-refractivity contribution in [2.45, 2.75) is 46.1 Å². The van der Waals surface area contributed by atoms with Crippen LogP contribution < -0.4 is 0 Å². The highest BCUT2D eigenvalue weighted by Gasteiger charge is 2.28. The number of likely N-dealkylation sites (tertiary alicyclic amines) is 1. The van der Waals surface area contributed by atoms with Crippen LogP contribution in [0.3, 0.4) is 0 Å². The molecule has 0 aromatic carbocycles. The standard InChI is InChI=1S/C14H23NO4/c1-10(8-12(16)17)11-6-5-7-15(9-11)13(18)19-14(2,3)4/h8,11H,5-7,9H2,1-4H3,(H,16,17)/b10-8-/t11-/m0/s1. The number of hydrogen-bond donors (Lipinski definition) is 1. The fourth-order valence-electron chi connectivity index (χ4n) is 2.15. The number of hydrogen-bond acceptors (Lipinski definition) is 3. The van der Waals surface area contributed by atoms with Gasteiger partial charge in [0, 0.05) is 19.2 Å². The average molecular weight is 269 g/mol. The Labute approximate surface area is 114 Å². The van der Waals surface area contributed by atoms with E-state index in [1.165, 1.54) is 6.08 Å². The first-order valence-electron chi connectivity index (χ1n) is 6.58. The van der Waals surface area contributed by atoms with Crippen molar-refractivity contribution in [2.75, 3.05) is 13.1 Å². The highest BCUT2D eigenvalue weighted by Crippen LogP contribution is 2.24. The first-order valence-corrected chi connectivity index (χ1v) is 6.58. The summed E-state index contributed by atoms with van der Waals surface area (Å²) < 4.78 is 5.34. The van der Waals surface area contributed by atoms with Gasteiger partial charge in [-0.15, -0.1) is 0 Å². The summed E-state index contributed by atoms with van der Waals surface area (Å²) in [5.74, 6) is -0.829. The molecular formula is C14H23NO4. The predicted octanol–water partition coefficient (Wildman–Crippen LogP) is 2.66. The SMILES string of the molecule is C/C(=C/C(=O)O)[C@H]1CCCN(C(=O)OC(C)(C)C)C1. The van der Waals surface area contributed by atoms with E-state index in [1.807, 2.05) is 20.8 Å². The maximum Gasteiger partial charge on any atom is 0.410 e. The topological polar surface area (TPSA) is 66.8 Å². The Morgan fingerprint density at radius 3 is 2.53 bits per heavy atom. The first-order chi connectivity index (χ1) is 8.69. The van der Waals surface area contributed by atoms with Crippen LogP contribution in [-0.4, -0.2) is 40.8 Å². The third kappa shape index (κ3) is 5.32. The third-order valence-corrected chi connectivity index (χ3v) is 3.07. The molecule has 1 fully saturated rings. The molecule has 1 saturated heterocycles. The van der Waals surface area contributed by atoms with E-state index in [9.17, 15) is 9.59 Å². The summed E-state index contributed by atoms with van der Waals surface area (Å²) in [6.45, 7) is 8.51. The molecule has 0 aromatic heterocycles. The summed E-state index contributed by atoms with van der Waals surface area (Å²) in [6.07, 6.45) is 2.69. The van der Waals surface area contributed by atoms with Crippen molar-refractivity contribution < 1.29 is 19.4 Å². The lowest BCUT2D eigenvalue weighted by atomic mass is 9.91. The van der Waals surface area contributed by atoms with Crippen LogP contribution in [0.1, 0.15) is 40.5 Å². The highest BCUT2D eigenvalue weighted by molar-refractivity contribution is 5.80. The number of carbonyl (C=O) groups excluding carboxylic acids is 1. The number of piperidine rings is 1. The molecule has 5 nitrogen and oxygen atoms in total. The van der Waals surface area contributed by atoms with Crippen LogP contribution >= 0.6 is 0 Å². The molecule has 108 valence electrons. The van der Waals surface area contributed by atoms with Crippen molar-refractivity contribution in [3.8, 4) is 0 Å². The minimum Gasteiger partial charge on any atom is -0.478 e. The van der Waals surface area contributed by atoms with Crippen molar-refractivity contribution in [1.82, 2.24) is 4.90 Å². The van der Waals surface area contributed by atoms with Crippen molar-refractivity contribution in [3.05, 3.63) is 11.6 Å².